The van der Waals surface area contributed by atoms with Crippen LogP contribution in [0.5, 0.6) is 0 Å². The van der Waals surface area contributed by atoms with Gasteiger partial charge in [-0.3, -0.25) is 9.59 Å². The summed E-state index contributed by atoms with van der Waals surface area (Å²) in [5.74, 6) is -0.790. The van der Waals surface area contributed by atoms with E-state index in [1.807, 2.05) is 0 Å². The van der Waals surface area contributed by atoms with E-state index in [0.29, 0.717) is 5.75 Å². The molecule has 0 aliphatic heterocycles. The molecule has 0 aromatic carbocycles. The van der Waals surface area contributed by atoms with Crippen LogP contribution in [-0.2, 0) is 9.59 Å². The van der Waals surface area contributed by atoms with Gasteiger partial charge in [-0.2, -0.15) is 0 Å². The summed E-state index contributed by atoms with van der Waals surface area (Å²) in [6.07, 6.45) is 0. The van der Waals surface area contributed by atoms with Gasteiger partial charge < -0.3 is 15.1 Å². The highest BCUT2D eigenvalue weighted by molar-refractivity contribution is 7.98. The molecule has 12 heavy (non-hydrogen) atoms. The van der Waals surface area contributed by atoms with E-state index >= 15 is 0 Å². The minimum atomic E-state index is -0.921. The molecule has 0 radical (unpaired) electrons. The summed E-state index contributed by atoms with van der Waals surface area (Å²) in [5.41, 5.74) is 0. The van der Waals surface area contributed by atoms with Crippen LogP contribution < -0.4 is 10.0 Å². The molecule has 0 aliphatic rings. The highest BCUT2D eigenvalue weighted by Crippen LogP contribution is 1.97. The predicted molar refractivity (Wildman–Crippen MR) is 46.8 cm³/mol. The minimum absolute atomic E-state index is 0.180. The molecule has 0 rings (SSSR count). The molecule has 0 spiro atoms. The Morgan fingerprint density at radius 1 is 1.58 bits per heavy atom. The van der Waals surface area contributed by atoms with Crippen LogP contribution in [0, 0.1) is 0 Å². The Kier molecular flexibility index (Phi) is 5.48. The summed E-state index contributed by atoms with van der Waals surface area (Å²) in [4.78, 5) is 20.8. The van der Waals surface area contributed by atoms with E-state index in [2.05, 4.69) is 10.0 Å². The van der Waals surface area contributed by atoms with Gasteiger partial charge in [0, 0.05) is 12.7 Å². The summed E-state index contributed by atoms with van der Waals surface area (Å²) in [6, 6.07) is -0.623. The topological polar surface area (TPSA) is 78.4 Å². The highest BCUT2D eigenvalue weighted by Gasteiger charge is 2.14. The summed E-state index contributed by atoms with van der Waals surface area (Å²) in [6.45, 7) is 1.38. The van der Waals surface area contributed by atoms with Crippen molar-refractivity contribution in [2.24, 2.45) is 0 Å². The fourth-order valence-corrected chi connectivity index (χ4v) is 1.27. The molecule has 0 saturated carbocycles. The first-order valence-corrected chi connectivity index (χ1v) is 4.35. The first kappa shape index (κ1) is 11.2. The third kappa shape index (κ3) is 4.97. The van der Waals surface area contributed by atoms with Crippen molar-refractivity contribution in [3.05, 3.63) is 0 Å². The number of aliphatic carboxylic acids is 1. The normalized spacial score (nSPS) is 12.2. The van der Waals surface area contributed by atoms with Crippen LogP contribution in [0.3, 0.4) is 0 Å². The summed E-state index contributed by atoms with van der Waals surface area (Å²) >= 11 is 1.08. The van der Waals surface area contributed by atoms with Crippen molar-refractivity contribution in [3.63, 3.8) is 0 Å². The smallest absolute Gasteiger partial charge is 0.321 e. The van der Waals surface area contributed by atoms with Crippen LogP contribution in [-0.4, -0.2) is 35.8 Å². The van der Waals surface area contributed by atoms with Crippen molar-refractivity contribution in [3.8, 4) is 0 Å². The monoisotopic (exact) mass is 192 g/mol. The maximum Gasteiger partial charge on any atom is 0.321 e. The molecule has 0 fully saturated rings. The second kappa shape index (κ2) is 5.84. The maximum atomic E-state index is 10.4. The number of carboxylic acids is 1. The molecule has 3 N–H and O–H groups in total. The molecule has 0 bridgehead atoms. The molecular weight excluding hydrogens is 180 g/mol. The minimum Gasteiger partial charge on any atom is -0.480 e. The second-order valence-corrected chi connectivity index (χ2v) is 2.97. The van der Waals surface area contributed by atoms with Gasteiger partial charge in [-0.1, -0.05) is 0 Å². The third-order valence-electron chi connectivity index (χ3n) is 1.11. The Labute approximate surface area is 75.0 Å². The highest BCUT2D eigenvalue weighted by atomic mass is 32.2. The lowest BCUT2D eigenvalue weighted by atomic mass is 10.3. The average molecular weight is 192 g/mol. The van der Waals surface area contributed by atoms with E-state index in [1.165, 1.54) is 6.92 Å². The molecule has 0 aliphatic carbocycles. The lowest BCUT2D eigenvalue weighted by Gasteiger charge is -2.09. The second-order valence-electron chi connectivity index (χ2n) is 2.15. The summed E-state index contributed by atoms with van der Waals surface area (Å²) in [7, 11) is 1.56. The molecule has 1 atom stereocenters. The van der Waals surface area contributed by atoms with Crippen molar-refractivity contribution in [2.45, 2.75) is 13.0 Å². The van der Waals surface area contributed by atoms with Crippen molar-refractivity contribution < 1.29 is 14.7 Å². The van der Waals surface area contributed by atoms with Crippen LogP contribution in [0.1, 0.15) is 6.92 Å². The van der Waals surface area contributed by atoms with Gasteiger partial charge in [0.15, 0.2) is 0 Å². The van der Waals surface area contributed by atoms with Crippen molar-refractivity contribution in [2.75, 3.05) is 12.8 Å². The molecular formula is C6H12N2O3S. The van der Waals surface area contributed by atoms with E-state index < -0.39 is 12.0 Å². The maximum absolute atomic E-state index is 10.4. The molecule has 6 heteroatoms. The summed E-state index contributed by atoms with van der Waals surface area (Å²) in [5, 5.41) is 11.2. The van der Waals surface area contributed by atoms with Crippen LogP contribution in [0.15, 0.2) is 0 Å². The van der Waals surface area contributed by atoms with Gasteiger partial charge in [0.05, 0.1) is 0 Å². The van der Waals surface area contributed by atoms with E-state index in [-0.39, 0.29) is 5.91 Å². The van der Waals surface area contributed by atoms with E-state index in [0.717, 1.165) is 11.9 Å². The van der Waals surface area contributed by atoms with Gasteiger partial charge in [-0.05, 0) is 19.0 Å². The Hall–Kier alpha value is -0.750. The zero-order chi connectivity index (χ0) is 9.56. The number of carbonyl (C=O) groups excluding carboxylic acids is 1. The molecule has 0 aromatic heterocycles. The SMILES string of the molecule is CNC(CSNC(C)=O)C(=O)O. The van der Waals surface area contributed by atoms with E-state index in [1.54, 1.807) is 7.05 Å². The number of carbonyl (C=O) groups is 2. The standard InChI is InChI=1S/C6H12N2O3S/c1-4(9)8-12-3-5(7-2)6(10)11/h5,7H,3H2,1-2H3,(H,8,9)(H,10,11). The number of hydrogen-bond donors (Lipinski definition) is 3. The lowest BCUT2D eigenvalue weighted by Crippen LogP contribution is -2.37. The van der Waals surface area contributed by atoms with Gasteiger partial charge in [-0.25, -0.2) is 0 Å². The number of hydrogen-bond acceptors (Lipinski definition) is 4. The van der Waals surface area contributed by atoms with Crippen LogP contribution in [0.2, 0.25) is 0 Å². The molecule has 0 heterocycles. The molecule has 70 valence electrons. The largest absolute Gasteiger partial charge is 0.480 e. The average Bonchev–Trinajstić information content (AvgIpc) is 1.96. The van der Waals surface area contributed by atoms with Crippen LogP contribution in [0.4, 0.5) is 0 Å². The van der Waals surface area contributed by atoms with Crippen molar-refractivity contribution >= 4 is 23.8 Å². The van der Waals surface area contributed by atoms with Crippen LogP contribution in [0.25, 0.3) is 0 Å². The number of amides is 1. The first-order chi connectivity index (χ1) is 5.57. The summed E-state index contributed by atoms with van der Waals surface area (Å²) < 4.78 is 2.44. The van der Waals surface area contributed by atoms with Gasteiger partial charge >= 0.3 is 5.97 Å². The fourth-order valence-electron chi connectivity index (χ4n) is 0.505. The van der Waals surface area contributed by atoms with Gasteiger partial charge in [0.1, 0.15) is 6.04 Å². The Balaban J connectivity index is 3.59. The number of likely N-dealkylation sites (N-methyl/N-ethyl adjacent to an activating group) is 1. The van der Waals surface area contributed by atoms with Gasteiger partial charge in [0.25, 0.3) is 0 Å². The Morgan fingerprint density at radius 2 is 2.17 bits per heavy atom. The zero-order valence-electron chi connectivity index (χ0n) is 6.96. The molecule has 5 nitrogen and oxygen atoms in total. The first-order valence-electron chi connectivity index (χ1n) is 3.36. The van der Waals surface area contributed by atoms with Crippen molar-refractivity contribution in [1.82, 2.24) is 10.0 Å². The number of carboxylic acid groups (broad SMARTS) is 1. The van der Waals surface area contributed by atoms with Crippen molar-refractivity contribution in [1.29, 1.82) is 0 Å². The predicted octanol–water partition coefficient (Wildman–Crippen LogP) is -0.557. The van der Waals surface area contributed by atoms with E-state index in [4.69, 9.17) is 5.11 Å². The molecule has 1 amide bonds. The fraction of sp³-hybridized carbons (Fsp3) is 0.667. The number of rotatable bonds is 5. The third-order valence-corrected chi connectivity index (χ3v) is 2.04. The van der Waals surface area contributed by atoms with Gasteiger partial charge in [0.2, 0.25) is 5.91 Å². The van der Waals surface area contributed by atoms with Gasteiger partial charge in [-0.15, -0.1) is 0 Å². The zero-order valence-corrected chi connectivity index (χ0v) is 7.77. The Bertz CT molecular complexity index is 174. The lowest BCUT2D eigenvalue weighted by molar-refractivity contribution is -0.138. The molecule has 0 aromatic rings. The van der Waals surface area contributed by atoms with E-state index in [9.17, 15) is 9.59 Å². The Morgan fingerprint density at radius 3 is 2.50 bits per heavy atom. The molecule has 0 saturated heterocycles. The molecule has 1 unspecified atom stereocenters. The van der Waals surface area contributed by atoms with Crippen LogP contribution >= 0.6 is 11.9 Å². The number of nitrogens with one attached hydrogen (secondary N) is 2. The quantitative estimate of drug-likeness (QED) is 0.509.